The van der Waals surface area contributed by atoms with Crippen LogP contribution in [0.15, 0.2) is 73.3 Å². The molecule has 1 saturated heterocycles. The second-order valence-corrected chi connectivity index (χ2v) is 12.1. The molecule has 48 heavy (non-hydrogen) atoms. The minimum atomic E-state index is -0.502. The maximum absolute atomic E-state index is 12.0. The second-order valence-electron chi connectivity index (χ2n) is 12.1. The molecule has 1 aromatic carbocycles. The Bertz CT molecular complexity index is 1880. The largest absolute Gasteiger partial charge is 0.492 e. The van der Waals surface area contributed by atoms with Gasteiger partial charge in [-0.05, 0) is 62.6 Å². The number of amides is 1. The fourth-order valence-electron chi connectivity index (χ4n) is 5.14. The summed E-state index contributed by atoms with van der Waals surface area (Å²) in [4.78, 5) is 26.7. The Balaban J connectivity index is 0.00000221. The summed E-state index contributed by atoms with van der Waals surface area (Å²) in [6.07, 6.45) is 7.59. The fourth-order valence-corrected chi connectivity index (χ4v) is 5.14. The summed E-state index contributed by atoms with van der Waals surface area (Å²) in [6.45, 7) is 11.8. The molecule has 1 aliphatic rings. The van der Waals surface area contributed by atoms with E-state index in [1.54, 1.807) is 11.1 Å². The Kier molecular flexibility index (Phi) is 11.1. The quantitative estimate of drug-likeness (QED) is 0.124. The summed E-state index contributed by atoms with van der Waals surface area (Å²) in [6, 6.07) is 16.1. The molecule has 250 valence electrons. The monoisotopic (exact) mass is 649 g/mol. The molecule has 0 atom stereocenters. The fraction of sp³-hybridized carbons (Fsp3) is 0.368. The zero-order valence-electron chi connectivity index (χ0n) is 28.5. The van der Waals surface area contributed by atoms with E-state index in [4.69, 9.17) is 18.9 Å². The van der Waals surface area contributed by atoms with E-state index in [9.17, 15) is 4.79 Å². The molecule has 6 rings (SSSR count). The molecule has 1 amide bonds. The average molecular weight is 650 g/mol. The summed E-state index contributed by atoms with van der Waals surface area (Å²) in [5.74, 6) is 7.20. The molecule has 0 bridgehead atoms. The number of nitrogens with zero attached hydrogens (tertiary/aromatic N) is 5. The predicted molar refractivity (Wildman–Crippen MR) is 187 cm³/mol. The highest BCUT2D eigenvalue weighted by molar-refractivity contribution is 6.08. The van der Waals surface area contributed by atoms with Gasteiger partial charge in [-0.2, -0.15) is 0 Å². The Morgan fingerprint density at radius 3 is 2.42 bits per heavy atom. The standard InChI is InChI=1S/C36H37N5O5.C2H6/c1-36(2,3)46-35(42)41-23-29(24-41)44-16-5-7-27-10-11-28(21-38-27)43-17-6-18-45-34-13-9-26(20-39-34)25-8-12-30-31-22-37-15-14-32(31)40(4)33(30)19-25;1-2/h8-15,19-22,29H,6,16-18,23-24H2,1-4H3;1-2H3. The number of aromatic nitrogens is 4. The lowest BCUT2D eigenvalue weighted by molar-refractivity contribution is -0.0545. The van der Waals surface area contributed by atoms with Crippen molar-refractivity contribution >= 4 is 27.9 Å². The van der Waals surface area contributed by atoms with Crippen molar-refractivity contribution in [2.75, 3.05) is 32.9 Å². The number of pyridine rings is 3. The summed E-state index contributed by atoms with van der Waals surface area (Å²) in [7, 11) is 2.08. The number of carbonyl (C=O) groups excluding carboxylic acids is 1. The van der Waals surface area contributed by atoms with Gasteiger partial charge in [-0.25, -0.2) is 14.8 Å². The van der Waals surface area contributed by atoms with E-state index in [2.05, 4.69) is 56.6 Å². The zero-order valence-corrected chi connectivity index (χ0v) is 28.5. The number of hydrogen-bond acceptors (Lipinski definition) is 8. The first-order valence-electron chi connectivity index (χ1n) is 16.3. The highest BCUT2D eigenvalue weighted by Gasteiger charge is 2.34. The number of aryl methyl sites for hydroxylation is 1. The molecule has 0 aliphatic carbocycles. The smallest absolute Gasteiger partial charge is 0.410 e. The maximum Gasteiger partial charge on any atom is 0.410 e. The van der Waals surface area contributed by atoms with Crippen molar-refractivity contribution in [1.29, 1.82) is 0 Å². The predicted octanol–water partition coefficient (Wildman–Crippen LogP) is 7.05. The van der Waals surface area contributed by atoms with Gasteiger partial charge in [-0.1, -0.05) is 31.9 Å². The van der Waals surface area contributed by atoms with Gasteiger partial charge in [0.25, 0.3) is 0 Å². The third-order valence-electron chi connectivity index (χ3n) is 7.53. The Morgan fingerprint density at radius 2 is 1.69 bits per heavy atom. The minimum absolute atomic E-state index is 0.0280. The van der Waals surface area contributed by atoms with Gasteiger partial charge in [-0.3, -0.25) is 4.98 Å². The van der Waals surface area contributed by atoms with Gasteiger partial charge in [0, 0.05) is 60.0 Å². The highest BCUT2D eigenvalue weighted by Crippen LogP contribution is 2.31. The molecule has 0 saturated carbocycles. The number of benzene rings is 1. The first-order valence-corrected chi connectivity index (χ1v) is 16.3. The maximum atomic E-state index is 12.0. The van der Waals surface area contributed by atoms with Crippen molar-refractivity contribution in [1.82, 2.24) is 24.4 Å². The number of fused-ring (bicyclic) bond motifs is 3. The lowest BCUT2D eigenvalue weighted by atomic mass is 10.1. The van der Waals surface area contributed by atoms with Gasteiger partial charge in [0.2, 0.25) is 5.88 Å². The molecule has 10 nitrogen and oxygen atoms in total. The topological polar surface area (TPSA) is 101 Å². The minimum Gasteiger partial charge on any atom is -0.492 e. The Labute approximate surface area is 282 Å². The second kappa shape index (κ2) is 15.6. The van der Waals surface area contributed by atoms with Crippen LogP contribution in [-0.4, -0.2) is 75.1 Å². The third kappa shape index (κ3) is 8.60. The lowest BCUT2D eigenvalue weighted by Crippen LogP contribution is -2.55. The van der Waals surface area contributed by atoms with Crippen LogP contribution in [0.2, 0.25) is 0 Å². The normalized spacial score (nSPS) is 12.8. The van der Waals surface area contributed by atoms with E-state index >= 15 is 0 Å². The summed E-state index contributed by atoms with van der Waals surface area (Å²) >= 11 is 0. The first kappa shape index (κ1) is 34.2. The van der Waals surface area contributed by atoms with E-state index < -0.39 is 5.60 Å². The van der Waals surface area contributed by atoms with E-state index in [-0.39, 0.29) is 18.8 Å². The Hall–Kier alpha value is -5.14. The molecule has 4 aromatic heterocycles. The molecule has 0 unspecified atom stereocenters. The van der Waals surface area contributed by atoms with Crippen LogP contribution in [0.5, 0.6) is 11.6 Å². The highest BCUT2D eigenvalue weighted by atomic mass is 16.6. The Morgan fingerprint density at radius 1 is 0.896 bits per heavy atom. The molecule has 10 heteroatoms. The van der Waals surface area contributed by atoms with Crippen molar-refractivity contribution in [3.63, 3.8) is 0 Å². The van der Waals surface area contributed by atoms with Crippen LogP contribution < -0.4 is 9.47 Å². The molecular weight excluding hydrogens is 606 g/mol. The van der Waals surface area contributed by atoms with E-state index in [0.29, 0.717) is 50.0 Å². The van der Waals surface area contributed by atoms with Crippen LogP contribution in [0.1, 0.15) is 46.7 Å². The third-order valence-corrected chi connectivity index (χ3v) is 7.53. The first-order chi connectivity index (χ1) is 23.2. The van der Waals surface area contributed by atoms with E-state index in [0.717, 1.165) is 27.5 Å². The average Bonchev–Trinajstić information content (AvgIpc) is 3.35. The molecule has 0 radical (unpaired) electrons. The summed E-state index contributed by atoms with van der Waals surface area (Å²) in [5, 5.41) is 2.34. The van der Waals surface area contributed by atoms with Crippen LogP contribution in [0, 0.1) is 11.8 Å². The van der Waals surface area contributed by atoms with Crippen molar-refractivity contribution in [3.05, 3.63) is 79.0 Å². The summed E-state index contributed by atoms with van der Waals surface area (Å²) in [5.41, 5.74) is 4.57. The molecule has 1 fully saturated rings. The van der Waals surface area contributed by atoms with Gasteiger partial charge in [0.15, 0.2) is 0 Å². The van der Waals surface area contributed by atoms with Gasteiger partial charge in [0.05, 0.1) is 44.1 Å². The lowest BCUT2D eigenvalue weighted by Gasteiger charge is -2.39. The number of likely N-dealkylation sites (tertiary alicyclic amines) is 1. The molecule has 1 aliphatic heterocycles. The molecule has 0 N–H and O–H groups in total. The molecule has 5 heterocycles. The van der Waals surface area contributed by atoms with Crippen molar-refractivity contribution in [2.24, 2.45) is 7.05 Å². The van der Waals surface area contributed by atoms with Gasteiger partial charge < -0.3 is 28.4 Å². The number of carbonyl (C=O) groups is 1. The van der Waals surface area contributed by atoms with Crippen LogP contribution in [0.4, 0.5) is 4.79 Å². The molecular formula is C38H43N5O5. The SMILES string of the molecule is CC.Cn1c2ccncc2c2ccc(-c3ccc(OCCCOc4ccc(C#CCOC5CN(C(=O)OC(C)(C)C)C5)nc4)nc3)cc21. The van der Waals surface area contributed by atoms with E-state index in [1.165, 1.54) is 5.39 Å². The van der Waals surface area contributed by atoms with Crippen LogP contribution in [0.3, 0.4) is 0 Å². The van der Waals surface area contributed by atoms with Gasteiger partial charge in [-0.15, -0.1) is 0 Å². The van der Waals surface area contributed by atoms with Crippen molar-refractivity contribution in [2.45, 2.75) is 52.7 Å². The number of ether oxygens (including phenoxy) is 4. The zero-order chi connectivity index (χ0) is 34.1. The number of rotatable bonds is 9. The van der Waals surface area contributed by atoms with Crippen molar-refractivity contribution in [3.8, 4) is 34.6 Å². The van der Waals surface area contributed by atoms with Crippen molar-refractivity contribution < 1.29 is 23.7 Å². The van der Waals surface area contributed by atoms with Crippen LogP contribution in [-0.2, 0) is 16.5 Å². The number of hydrogen-bond donors (Lipinski definition) is 0. The summed E-state index contributed by atoms with van der Waals surface area (Å²) < 4.78 is 24.9. The molecule has 5 aromatic rings. The van der Waals surface area contributed by atoms with E-state index in [1.807, 2.05) is 83.5 Å². The van der Waals surface area contributed by atoms with Gasteiger partial charge in [0.1, 0.15) is 23.7 Å². The molecule has 0 spiro atoms. The van der Waals surface area contributed by atoms with Gasteiger partial charge >= 0.3 is 6.09 Å². The van der Waals surface area contributed by atoms with Crippen LogP contribution in [0.25, 0.3) is 32.9 Å². The van der Waals surface area contributed by atoms with Crippen LogP contribution >= 0.6 is 0 Å².